The van der Waals surface area contributed by atoms with Crippen molar-refractivity contribution in [2.45, 2.75) is 77.5 Å². The number of likely N-dealkylation sites (tertiary alicyclic amines) is 2. The van der Waals surface area contributed by atoms with Gasteiger partial charge in [-0.25, -0.2) is 0 Å². The zero-order chi connectivity index (χ0) is 42.5. The number of likely N-dealkylation sites (N-methyl/N-ethyl adjacent to an activating group) is 2. The minimum Gasteiger partial charge on any atom is -0.418 e. The third-order valence-corrected chi connectivity index (χ3v) is 12.5. The molecular weight excluding hydrogens is 765 g/mol. The summed E-state index contributed by atoms with van der Waals surface area (Å²) < 4.78 is 6.28. The summed E-state index contributed by atoms with van der Waals surface area (Å²) >= 11 is 0. The van der Waals surface area contributed by atoms with Gasteiger partial charge in [-0.2, -0.15) is 0 Å². The molecule has 0 bridgehead atoms. The number of aromatic amines is 1. The number of fused-ring (bicyclic) bond motifs is 1. The van der Waals surface area contributed by atoms with Crippen molar-refractivity contribution in [2.24, 2.45) is 0 Å². The molecule has 2 aliphatic heterocycles. The van der Waals surface area contributed by atoms with Crippen LogP contribution >= 0.6 is 0 Å². The number of hydrogen-bond donors (Lipinski definition) is 2. The third-order valence-electron chi connectivity index (χ3n) is 12.5. The summed E-state index contributed by atoms with van der Waals surface area (Å²) in [6, 6.07) is 34.1. The van der Waals surface area contributed by atoms with E-state index in [9.17, 15) is 14.4 Å². The molecule has 2 N–H and O–H groups in total. The first kappa shape index (κ1) is 41.6. The lowest BCUT2D eigenvalue weighted by Crippen LogP contribution is -2.48. The third kappa shape index (κ3) is 8.60. The standard InChI is InChI=1S/C49H56N8O4/c1-5-54(6-2)43(34-17-11-9-12-18-34)48(59)56-29-15-21-41(56)45(58)50-38-27-28-39-37(31-38)32-40(51-39)33-23-25-36(26-24-33)46-52-53-47(61-46)42-22-16-30-57(42)49(60)44(55(7-3)8-4)35-19-13-10-14-20-35/h9-14,17-20,23-28,31-32,41-44,51H,5-8,15-16,21-22,29-30H2,1-4H3,(H,50,58)/t41-,42-,43+,44?/m0/s1. The van der Waals surface area contributed by atoms with Crippen LogP contribution in [0, 0.1) is 0 Å². The Labute approximate surface area is 357 Å². The molecule has 61 heavy (non-hydrogen) atoms. The number of rotatable bonds is 15. The Morgan fingerprint density at radius 1 is 0.705 bits per heavy atom. The van der Waals surface area contributed by atoms with E-state index in [0.717, 1.165) is 84.3 Å². The normalized spacial score (nSPS) is 17.7. The van der Waals surface area contributed by atoms with Crippen LogP contribution in [0.2, 0.25) is 0 Å². The number of benzene rings is 4. The first-order chi connectivity index (χ1) is 29.8. The fourth-order valence-corrected chi connectivity index (χ4v) is 9.24. The molecule has 2 saturated heterocycles. The van der Waals surface area contributed by atoms with E-state index >= 15 is 0 Å². The number of carbonyl (C=O) groups is 3. The van der Waals surface area contributed by atoms with Gasteiger partial charge in [0.15, 0.2) is 0 Å². The number of carbonyl (C=O) groups excluding carboxylic acids is 3. The van der Waals surface area contributed by atoms with Crippen molar-refractivity contribution in [1.82, 2.24) is 34.8 Å². The van der Waals surface area contributed by atoms with Crippen LogP contribution in [0.5, 0.6) is 0 Å². The van der Waals surface area contributed by atoms with Crippen molar-refractivity contribution in [3.05, 3.63) is 126 Å². The molecule has 0 aliphatic carbocycles. The van der Waals surface area contributed by atoms with Crippen molar-refractivity contribution >= 4 is 34.3 Å². The highest BCUT2D eigenvalue weighted by Crippen LogP contribution is 2.37. The lowest BCUT2D eigenvalue weighted by atomic mass is 10.0. The molecule has 12 nitrogen and oxygen atoms in total. The van der Waals surface area contributed by atoms with Crippen LogP contribution in [0.4, 0.5) is 5.69 Å². The second-order valence-electron chi connectivity index (χ2n) is 15.9. The monoisotopic (exact) mass is 820 g/mol. The lowest BCUT2D eigenvalue weighted by Gasteiger charge is -2.34. The van der Waals surface area contributed by atoms with Gasteiger partial charge in [-0.15, -0.1) is 10.2 Å². The van der Waals surface area contributed by atoms with E-state index in [0.29, 0.717) is 37.0 Å². The van der Waals surface area contributed by atoms with Crippen LogP contribution < -0.4 is 5.32 Å². The zero-order valence-corrected chi connectivity index (χ0v) is 35.6. The maximum absolute atomic E-state index is 14.2. The summed E-state index contributed by atoms with van der Waals surface area (Å²) in [6.07, 6.45) is 3.04. The van der Waals surface area contributed by atoms with Crippen molar-refractivity contribution in [3.63, 3.8) is 0 Å². The Hall–Kier alpha value is -6.11. The molecule has 1 unspecified atom stereocenters. The van der Waals surface area contributed by atoms with Crippen LogP contribution in [0.25, 0.3) is 33.6 Å². The maximum atomic E-state index is 14.2. The van der Waals surface area contributed by atoms with Gasteiger partial charge >= 0.3 is 0 Å². The summed E-state index contributed by atoms with van der Waals surface area (Å²) in [5.74, 6) is 0.727. The fraction of sp³-hybridized carbons (Fsp3) is 0.367. The molecule has 0 spiro atoms. The van der Waals surface area contributed by atoms with E-state index in [1.54, 1.807) is 4.90 Å². The number of nitrogens with one attached hydrogen (secondary N) is 2. The lowest BCUT2D eigenvalue weighted by molar-refractivity contribution is -0.141. The Bertz CT molecular complexity index is 2420. The fourth-order valence-electron chi connectivity index (χ4n) is 9.24. The highest BCUT2D eigenvalue weighted by atomic mass is 16.4. The first-order valence-electron chi connectivity index (χ1n) is 21.9. The predicted octanol–water partition coefficient (Wildman–Crippen LogP) is 8.64. The Morgan fingerprint density at radius 2 is 1.28 bits per heavy atom. The van der Waals surface area contributed by atoms with E-state index in [1.165, 1.54) is 0 Å². The zero-order valence-electron chi connectivity index (χ0n) is 35.6. The molecule has 6 aromatic rings. The van der Waals surface area contributed by atoms with Gasteiger partial charge in [-0.3, -0.25) is 24.2 Å². The summed E-state index contributed by atoms with van der Waals surface area (Å²) in [5, 5.41) is 12.9. The van der Waals surface area contributed by atoms with Crippen molar-refractivity contribution in [1.29, 1.82) is 0 Å². The van der Waals surface area contributed by atoms with E-state index in [2.05, 4.69) is 64.1 Å². The second kappa shape index (κ2) is 18.7. The topological polar surface area (TPSA) is 131 Å². The average Bonchev–Trinajstić information content (AvgIpc) is 4.14. The van der Waals surface area contributed by atoms with Gasteiger partial charge in [0.2, 0.25) is 29.5 Å². The van der Waals surface area contributed by atoms with Gasteiger partial charge in [0.1, 0.15) is 24.2 Å². The SMILES string of the molecule is CCN(CC)C(C(=O)N1CCC[C@H]1c1nnc(-c2ccc(-c3cc4cc(NC(=O)[C@@H]5CCCN5C(=O)[C@@H](c5ccccc5)N(CC)CC)ccc4[nH]3)cc2)o1)c1ccccc1. The Balaban J connectivity index is 0.939. The molecule has 316 valence electrons. The van der Waals surface area contributed by atoms with E-state index in [-0.39, 0.29) is 29.8 Å². The predicted molar refractivity (Wildman–Crippen MR) is 238 cm³/mol. The summed E-state index contributed by atoms with van der Waals surface area (Å²) in [5.41, 5.74) is 6.23. The highest BCUT2D eigenvalue weighted by Gasteiger charge is 2.41. The Kier molecular flexibility index (Phi) is 12.7. The van der Waals surface area contributed by atoms with Gasteiger partial charge in [0.25, 0.3) is 0 Å². The molecule has 4 heterocycles. The Morgan fingerprint density at radius 3 is 1.90 bits per heavy atom. The number of amides is 3. The largest absolute Gasteiger partial charge is 0.418 e. The highest BCUT2D eigenvalue weighted by molar-refractivity contribution is 6.00. The molecule has 3 amide bonds. The minimum atomic E-state index is -0.538. The molecule has 2 fully saturated rings. The van der Waals surface area contributed by atoms with Gasteiger partial charge in [-0.1, -0.05) is 100 Å². The van der Waals surface area contributed by atoms with E-state index < -0.39 is 12.1 Å². The summed E-state index contributed by atoms with van der Waals surface area (Å²) in [4.78, 5) is 53.7. The molecule has 4 atom stereocenters. The molecule has 2 aliphatic rings. The minimum absolute atomic E-state index is 0.0283. The molecular formula is C49H56N8O4. The van der Waals surface area contributed by atoms with E-state index in [4.69, 9.17) is 4.42 Å². The molecule has 8 rings (SSSR count). The van der Waals surface area contributed by atoms with Crippen LogP contribution in [-0.4, -0.2) is 97.8 Å². The number of anilines is 1. The number of nitrogens with zero attached hydrogens (tertiary/aromatic N) is 6. The number of hydrogen-bond acceptors (Lipinski definition) is 8. The molecule has 0 radical (unpaired) electrons. The maximum Gasteiger partial charge on any atom is 0.247 e. The quantitative estimate of drug-likeness (QED) is 0.105. The van der Waals surface area contributed by atoms with Crippen LogP contribution in [0.3, 0.4) is 0 Å². The summed E-state index contributed by atoms with van der Waals surface area (Å²) in [6.45, 7) is 12.5. The first-order valence-corrected chi connectivity index (χ1v) is 21.9. The van der Waals surface area contributed by atoms with Crippen molar-refractivity contribution in [2.75, 3.05) is 44.6 Å². The van der Waals surface area contributed by atoms with Crippen molar-refractivity contribution in [3.8, 4) is 22.7 Å². The number of aromatic nitrogens is 3. The van der Waals surface area contributed by atoms with Gasteiger partial charge in [0, 0.05) is 40.9 Å². The van der Waals surface area contributed by atoms with Crippen LogP contribution in [0.1, 0.15) is 88.5 Å². The molecule has 4 aromatic carbocycles. The second-order valence-corrected chi connectivity index (χ2v) is 15.9. The van der Waals surface area contributed by atoms with Gasteiger partial charge in [0.05, 0.1) is 0 Å². The van der Waals surface area contributed by atoms with Crippen molar-refractivity contribution < 1.29 is 18.8 Å². The summed E-state index contributed by atoms with van der Waals surface area (Å²) in [7, 11) is 0. The molecule has 12 heteroatoms. The van der Waals surface area contributed by atoms with Crippen LogP contribution in [-0.2, 0) is 14.4 Å². The molecule has 0 saturated carbocycles. The van der Waals surface area contributed by atoms with Gasteiger partial charge in [-0.05, 0) is 105 Å². The molecule has 2 aromatic heterocycles. The smallest absolute Gasteiger partial charge is 0.247 e. The van der Waals surface area contributed by atoms with E-state index in [1.807, 2.05) is 108 Å². The number of H-pyrrole nitrogens is 1. The average molecular weight is 821 g/mol. The van der Waals surface area contributed by atoms with Gasteiger partial charge < -0.3 is 24.5 Å². The van der Waals surface area contributed by atoms with Crippen LogP contribution in [0.15, 0.2) is 114 Å².